The maximum Gasteiger partial charge on any atom is 0.273 e. The molecule has 0 saturated heterocycles. The summed E-state index contributed by atoms with van der Waals surface area (Å²) in [5.41, 5.74) is 1.49. The second-order valence-electron chi connectivity index (χ2n) is 4.36. The second-order valence-corrected chi connectivity index (χ2v) is 5.50. The number of non-ortho nitro benzene ring substituents is 1. The molecule has 0 aliphatic carbocycles. The fourth-order valence-electron chi connectivity index (χ4n) is 1.93. The van der Waals surface area contributed by atoms with E-state index in [1.165, 1.54) is 23.5 Å². The second kappa shape index (κ2) is 5.34. The van der Waals surface area contributed by atoms with Crippen molar-refractivity contribution in [2.24, 2.45) is 0 Å². The maximum atomic E-state index is 10.9. The highest BCUT2D eigenvalue weighted by Crippen LogP contribution is 2.32. The third kappa shape index (κ3) is 2.45. The fraction of sp³-hybridized carbons (Fsp3) is 0.154. The van der Waals surface area contributed by atoms with Crippen LogP contribution in [0.2, 0.25) is 0 Å². The van der Waals surface area contributed by atoms with Gasteiger partial charge < -0.3 is 4.74 Å². The molecule has 0 aliphatic heterocycles. The van der Waals surface area contributed by atoms with Gasteiger partial charge in [0.05, 0.1) is 16.9 Å². The van der Waals surface area contributed by atoms with Crippen molar-refractivity contribution in [2.45, 2.75) is 12.8 Å². The van der Waals surface area contributed by atoms with Crippen molar-refractivity contribution in [3.05, 3.63) is 51.1 Å². The quantitative estimate of drug-likeness (QED) is 0.411. The molecule has 0 N–H and O–H groups in total. The minimum Gasteiger partial charge on any atom is -0.437 e. The number of hydrogen-bond acceptors (Lipinski definition) is 5. The van der Waals surface area contributed by atoms with E-state index >= 15 is 0 Å². The summed E-state index contributed by atoms with van der Waals surface area (Å²) in [6.45, 7) is 1.82. The Bertz CT molecular complexity index is 827. The number of aromatic nitrogens is 2. The van der Waals surface area contributed by atoms with Crippen LogP contribution in [-0.2, 0) is 5.88 Å². The molecule has 0 amide bonds. The number of thiazole rings is 1. The van der Waals surface area contributed by atoms with Crippen LogP contribution in [0.4, 0.5) is 5.69 Å². The van der Waals surface area contributed by atoms with Crippen molar-refractivity contribution >= 4 is 33.6 Å². The van der Waals surface area contributed by atoms with Gasteiger partial charge in [0.25, 0.3) is 5.69 Å². The molecule has 0 atom stereocenters. The Morgan fingerprint density at radius 1 is 1.52 bits per heavy atom. The van der Waals surface area contributed by atoms with E-state index in [9.17, 15) is 10.1 Å². The van der Waals surface area contributed by atoms with Crippen molar-refractivity contribution < 1.29 is 9.66 Å². The van der Waals surface area contributed by atoms with E-state index in [2.05, 4.69) is 4.98 Å². The van der Waals surface area contributed by atoms with E-state index in [1.807, 2.05) is 22.9 Å². The van der Waals surface area contributed by atoms with Gasteiger partial charge in [-0.15, -0.1) is 22.9 Å². The highest BCUT2D eigenvalue weighted by molar-refractivity contribution is 7.15. The molecule has 0 saturated carbocycles. The molecule has 2 heterocycles. The Hall–Kier alpha value is -2.12. The number of hydrogen-bond donors (Lipinski definition) is 0. The lowest BCUT2D eigenvalue weighted by Gasteiger charge is -2.07. The first-order valence-corrected chi connectivity index (χ1v) is 7.45. The molecular weight excluding hydrogens is 314 g/mol. The van der Waals surface area contributed by atoms with Crippen molar-refractivity contribution in [2.75, 3.05) is 0 Å². The molecule has 21 heavy (non-hydrogen) atoms. The molecular formula is C13H10ClN3O3S. The zero-order valence-corrected chi connectivity index (χ0v) is 12.5. The van der Waals surface area contributed by atoms with Gasteiger partial charge in [-0.3, -0.25) is 14.5 Å². The number of alkyl halides is 1. The molecule has 0 radical (unpaired) electrons. The summed E-state index contributed by atoms with van der Waals surface area (Å²) in [7, 11) is 0. The van der Waals surface area contributed by atoms with Gasteiger partial charge in [-0.2, -0.15) is 4.98 Å². The van der Waals surface area contributed by atoms with E-state index in [0.717, 1.165) is 16.2 Å². The van der Waals surface area contributed by atoms with E-state index in [4.69, 9.17) is 16.3 Å². The average molecular weight is 324 g/mol. The first-order chi connectivity index (χ1) is 10.1. The topological polar surface area (TPSA) is 69.7 Å². The number of halogens is 1. The number of benzene rings is 1. The summed E-state index contributed by atoms with van der Waals surface area (Å²) in [5.74, 6) is 1.02. The van der Waals surface area contributed by atoms with Gasteiger partial charge in [0.1, 0.15) is 11.4 Å². The van der Waals surface area contributed by atoms with Crippen LogP contribution in [0.25, 0.3) is 4.96 Å². The number of nitro groups is 1. The highest BCUT2D eigenvalue weighted by Gasteiger charge is 2.17. The zero-order chi connectivity index (χ0) is 15.0. The molecule has 3 aromatic rings. The van der Waals surface area contributed by atoms with Gasteiger partial charge >= 0.3 is 0 Å². The van der Waals surface area contributed by atoms with Gasteiger partial charge in [0.2, 0.25) is 5.88 Å². The number of imidazole rings is 1. The number of fused-ring (bicyclic) bond motifs is 1. The molecule has 3 rings (SSSR count). The molecule has 6 nitrogen and oxygen atoms in total. The molecule has 0 fully saturated rings. The van der Waals surface area contributed by atoms with Crippen LogP contribution in [-0.4, -0.2) is 14.3 Å². The highest BCUT2D eigenvalue weighted by atomic mass is 35.5. The monoisotopic (exact) mass is 323 g/mol. The van der Waals surface area contributed by atoms with Gasteiger partial charge in [-0.05, 0) is 18.6 Å². The minimum atomic E-state index is -0.458. The van der Waals surface area contributed by atoms with Crippen molar-refractivity contribution in [3.8, 4) is 11.6 Å². The van der Waals surface area contributed by atoms with Gasteiger partial charge in [0, 0.05) is 17.6 Å². The maximum absolute atomic E-state index is 10.9. The first kappa shape index (κ1) is 13.8. The Morgan fingerprint density at radius 2 is 2.33 bits per heavy atom. The normalized spacial score (nSPS) is 11.0. The fourth-order valence-corrected chi connectivity index (χ4v) is 2.90. The lowest BCUT2D eigenvalue weighted by Crippen LogP contribution is -1.95. The van der Waals surface area contributed by atoms with Crippen LogP contribution in [0.3, 0.4) is 0 Å². The molecule has 0 unspecified atom stereocenters. The number of rotatable bonds is 4. The number of ether oxygens (including phenoxy) is 1. The Balaban J connectivity index is 2.03. The lowest BCUT2D eigenvalue weighted by molar-refractivity contribution is -0.384. The third-order valence-corrected chi connectivity index (χ3v) is 4.05. The summed E-state index contributed by atoms with van der Waals surface area (Å²) < 4.78 is 7.60. The summed E-state index contributed by atoms with van der Waals surface area (Å²) in [5, 5.41) is 12.8. The lowest BCUT2D eigenvalue weighted by atomic mass is 10.2. The van der Waals surface area contributed by atoms with Crippen LogP contribution in [0.15, 0.2) is 29.8 Å². The van der Waals surface area contributed by atoms with E-state index < -0.39 is 4.92 Å². The number of aryl methyl sites for hydroxylation is 1. The number of nitro benzene ring substituents is 1. The predicted molar refractivity (Wildman–Crippen MR) is 80.5 cm³/mol. The van der Waals surface area contributed by atoms with Crippen LogP contribution in [0.1, 0.15) is 11.3 Å². The Kier molecular flexibility index (Phi) is 3.52. The largest absolute Gasteiger partial charge is 0.437 e. The average Bonchev–Trinajstić information content (AvgIpc) is 3.01. The predicted octanol–water partition coefficient (Wildman–Crippen LogP) is 4.14. The first-order valence-electron chi connectivity index (χ1n) is 6.03. The van der Waals surface area contributed by atoms with Crippen molar-refractivity contribution in [1.29, 1.82) is 0 Å². The molecule has 8 heteroatoms. The van der Waals surface area contributed by atoms with E-state index in [-0.39, 0.29) is 11.6 Å². The van der Waals surface area contributed by atoms with Gasteiger partial charge in [-0.1, -0.05) is 0 Å². The van der Waals surface area contributed by atoms with Gasteiger partial charge in [0.15, 0.2) is 4.96 Å². The van der Waals surface area contributed by atoms with Crippen LogP contribution in [0.5, 0.6) is 11.6 Å². The molecule has 0 spiro atoms. The molecule has 0 bridgehead atoms. The van der Waals surface area contributed by atoms with Crippen LogP contribution < -0.4 is 4.74 Å². The standard InChI is InChI=1S/C13H10ClN3O3S/c1-8-2-3-9(17(18)19)6-11(8)20-12-10(7-14)16-4-5-21-13(16)15-12/h2-6H,7H2,1H3. The summed E-state index contributed by atoms with van der Waals surface area (Å²) in [6.07, 6.45) is 1.86. The van der Waals surface area contributed by atoms with Crippen molar-refractivity contribution in [3.63, 3.8) is 0 Å². The van der Waals surface area contributed by atoms with Crippen molar-refractivity contribution in [1.82, 2.24) is 9.38 Å². The summed E-state index contributed by atoms with van der Waals surface area (Å²) in [4.78, 5) is 15.5. The van der Waals surface area contributed by atoms with Crippen LogP contribution >= 0.6 is 22.9 Å². The smallest absolute Gasteiger partial charge is 0.273 e. The summed E-state index contributed by atoms with van der Waals surface area (Å²) >= 11 is 7.42. The number of nitrogens with zero attached hydrogens (tertiary/aromatic N) is 3. The molecule has 108 valence electrons. The minimum absolute atomic E-state index is 0.0240. The Morgan fingerprint density at radius 3 is 3.05 bits per heavy atom. The van der Waals surface area contributed by atoms with E-state index in [1.54, 1.807) is 6.07 Å². The third-order valence-electron chi connectivity index (χ3n) is 3.04. The Labute approximate surface area is 128 Å². The zero-order valence-electron chi connectivity index (χ0n) is 10.9. The van der Waals surface area contributed by atoms with E-state index in [0.29, 0.717) is 11.6 Å². The van der Waals surface area contributed by atoms with Gasteiger partial charge in [-0.25, -0.2) is 0 Å². The summed E-state index contributed by atoms with van der Waals surface area (Å²) in [6, 6.07) is 4.48. The molecule has 0 aliphatic rings. The molecule has 1 aromatic carbocycles. The van der Waals surface area contributed by atoms with Crippen LogP contribution in [0, 0.1) is 17.0 Å². The molecule has 2 aromatic heterocycles. The SMILES string of the molecule is Cc1ccc([N+](=O)[O-])cc1Oc1nc2sccn2c1CCl.